The third-order valence-corrected chi connectivity index (χ3v) is 2.65. The highest BCUT2D eigenvalue weighted by atomic mass is 16.3. The van der Waals surface area contributed by atoms with Crippen LogP contribution in [0.3, 0.4) is 0 Å². The summed E-state index contributed by atoms with van der Waals surface area (Å²) in [7, 11) is 0. The first-order valence-electron chi connectivity index (χ1n) is 5.39. The molecule has 3 heteroatoms. The highest BCUT2D eigenvalue weighted by Crippen LogP contribution is 2.09. The fraction of sp³-hybridized carbons (Fsp3) is 0.308. The van der Waals surface area contributed by atoms with Crippen LogP contribution in [0, 0.1) is 13.8 Å². The number of nitrogens with zero attached hydrogens (tertiary/aromatic N) is 2. The lowest BCUT2D eigenvalue weighted by Crippen LogP contribution is -2.04. The Morgan fingerprint density at radius 3 is 2.44 bits per heavy atom. The van der Waals surface area contributed by atoms with E-state index >= 15 is 0 Å². The van der Waals surface area contributed by atoms with E-state index in [2.05, 4.69) is 36.3 Å². The second-order valence-electron chi connectivity index (χ2n) is 4.08. The summed E-state index contributed by atoms with van der Waals surface area (Å²) in [6, 6.07) is 10.3. The predicted octanol–water partition coefficient (Wildman–Crippen LogP) is 2.04. The van der Waals surface area contributed by atoms with Gasteiger partial charge in [-0.05, 0) is 25.5 Å². The lowest BCUT2D eigenvalue weighted by atomic mass is 10.1. The molecule has 84 valence electrons. The van der Waals surface area contributed by atoms with Crippen molar-refractivity contribution >= 4 is 0 Å². The van der Waals surface area contributed by atoms with Gasteiger partial charge in [0, 0.05) is 5.69 Å². The first kappa shape index (κ1) is 10.9. The van der Waals surface area contributed by atoms with E-state index < -0.39 is 0 Å². The summed E-state index contributed by atoms with van der Waals surface area (Å²) < 4.78 is 1.91. The lowest BCUT2D eigenvalue weighted by molar-refractivity contribution is 0.275. The van der Waals surface area contributed by atoms with Crippen molar-refractivity contribution in [1.82, 2.24) is 9.78 Å². The van der Waals surface area contributed by atoms with Crippen LogP contribution in [0.5, 0.6) is 0 Å². The molecule has 3 nitrogen and oxygen atoms in total. The normalized spacial score (nSPS) is 10.7. The highest BCUT2D eigenvalue weighted by molar-refractivity contribution is 5.22. The molecular weight excluding hydrogens is 200 g/mol. The van der Waals surface area contributed by atoms with Gasteiger partial charge >= 0.3 is 0 Å². The molecule has 0 radical (unpaired) electrons. The van der Waals surface area contributed by atoms with Gasteiger partial charge in [-0.3, -0.25) is 4.68 Å². The van der Waals surface area contributed by atoms with E-state index in [4.69, 9.17) is 5.11 Å². The van der Waals surface area contributed by atoms with Crippen molar-refractivity contribution in [3.63, 3.8) is 0 Å². The Morgan fingerprint density at radius 1 is 1.19 bits per heavy atom. The summed E-state index contributed by atoms with van der Waals surface area (Å²) in [5.41, 5.74) is 4.28. The minimum Gasteiger partial charge on any atom is -0.390 e. The van der Waals surface area contributed by atoms with E-state index in [1.807, 2.05) is 17.7 Å². The van der Waals surface area contributed by atoms with Crippen LogP contribution in [-0.4, -0.2) is 14.9 Å². The Bertz CT molecular complexity index is 471. The number of rotatable bonds is 3. The molecule has 0 saturated heterocycles. The molecule has 1 heterocycles. The first-order chi connectivity index (χ1) is 7.69. The van der Waals surface area contributed by atoms with Gasteiger partial charge in [-0.15, -0.1) is 0 Å². The van der Waals surface area contributed by atoms with Crippen LogP contribution in [0.25, 0.3) is 0 Å². The molecule has 0 spiro atoms. The number of aromatic nitrogens is 2. The molecule has 0 unspecified atom stereocenters. The maximum Gasteiger partial charge on any atom is 0.0881 e. The van der Waals surface area contributed by atoms with Crippen LogP contribution >= 0.6 is 0 Å². The summed E-state index contributed by atoms with van der Waals surface area (Å²) in [5, 5.41) is 13.3. The molecule has 16 heavy (non-hydrogen) atoms. The monoisotopic (exact) mass is 216 g/mol. The number of benzene rings is 1. The minimum atomic E-state index is 0.00172. The molecule has 0 aliphatic rings. The Kier molecular flexibility index (Phi) is 3.06. The molecular formula is C13H16N2O. The van der Waals surface area contributed by atoms with E-state index in [9.17, 15) is 0 Å². The third-order valence-electron chi connectivity index (χ3n) is 2.65. The van der Waals surface area contributed by atoms with Crippen LogP contribution in [0.4, 0.5) is 0 Å². The van der Waals surface area contributed by atoms with Crippen molar-refractivity contribution < 1.29 is 5.11 Å². The summed E-state index contributed by atoms with van der Waals surface area (Å²) in [4.78, 5) is 0. The topological polar surface area (TPSA) is 38.0 Å². The van der Waals surface area contributed by atoms with Gasteiger partial charge in [-0.2, -0.15) is 5.10 Å². The molecule has 0 aliphatic heterocycles. The fourth-order valence-electron chi connectivity index (χ4n) is 1.68. The van der Waals surface area contributed by atoms with Gasteiger partial charge in [0.15, 0.2) is 0 Å². The molecule has 2 aromatic rings. The van der Waals surface area contributed by atoms with Crippen molar-refractivity contribution in [2.45, 2.75) is 27.0 Å². The van der Waals surface area contributed by atoms with Crippen molar-refractivity contribution in [1.29, 1.82) is 0 Å². The van der Waals surface area contributed by atoms with Crippen LogP contribution < -0.4 is 0 Å². The van der Waals surface area contributed by atoms with E-state index in [0.717, 1.165) is 17.9 Å². The van der Waals surface area contributed by atoms with Crippen molar-refractivity contribution in [3.8, 4) is 0 Å². The van der Waals surface area contributed by atoms with Gasteiger partial charge in [0.25, 0.3) is 0 Å². The molecule has 0 fully saturated rings. The standard InChI is InChI=1S/C13H16N2O/c1-10-3-5-12(6-4-10)8-15-11(2)7-13(9-16)14-15/h3-7,16H,8-9H2,1-2H3. The summed E-state index contributed by atoms with van der Waals surface area (Å²) in [5.74, 6) is 0. The number of hydrogen-bond acceptors (Lipinski definition) is 2. The van der Waals surface area contributed by atoms with E-state index in [0.29, 0.717) is 0 Å². The number of hydrogen-bond donors (Lipinski definition) is 1. The molecule has 0 atom stereocenters. The van der Waals surface area contributed by atoms with Crippen molar-refractivity contribution in [2.24, 2.45) is 0 Å². The summed E-state index contributed by atoms with van der Waals surface area (Å²) >= 11 is 0. The Balaban J connectivity index is 2.19. The second kappa shape index (κ2) is 4.49. The lowest BCUT2D eigenvalue weighted by Gasteiger charge is -2.04. The first-order valence-corrected chi connectivity index (χ1v) is 5.39. The van der Waals surface area contributed by atoms with Crippen molar-refractivity contribution in [2.75, 3.05) is 0 Å². The largest absolute Gasteiger partial charge is 0.390 e. The van der Waals surface area contributed by atoms with Crippen LogP contribution in [0.2, 0.25) is 0 Å². The van der Waals surface area contributed by atoms with Crippen LogP contribution in [-0.2, 0) is 13.2 Å². The van der Waals surface area contributed by atoms with Gasteiger partial charge in [0.1, 0.15) is 0 Å². The van der Waals surface area contributed by atoms with E-state index in [1.54, 1.807) is 0 Å². The zero-order chi connectivity index (χ0) is 11.5. The zero-order valence-electron chi connectivity index (χ0n) is 9.64. The molecule has 2 rings (SSSR count). The van der Waals surface area contributed by atoms with Gasteiger partial charge < -0.3 is 5.11 Å². The average molecular weight is 216 g/mol. The molecule has 0 aliphatic carbocycles. The van der Waals surface area contributed by atoms with Crippen molar-refractivity contribution in [3.05, 3.63) is 52.8 Å². The maximum absolute atomic E-state index is 9.00. The van der Waals surface area contributed by atoms with Gasteiger partial charge in [-0.25, -0.2) is 0 Å². The van der Waals surface area contributed by atoms with E-state index in [-0.39, 0.29) is 6.61 Å². The molecule has 0 saturated carbocycles. The van der Waals surface area contributed by atoms with E-state index in [1.165, 1.54) is 11.1 Å². The fourth-order valence-corrected chi connectivity index (χ4v) is 1.68. The molecule has 1 N–H and O–H groups in total. The molecule has 1 aromatic heterocycles. The van der Waals surface area contributed by atoms with Gasteiger partial charge in [0.2, 0.25) is 0 Å². The number of aryl methyl sites for hydroxylation is 2. The highest BCUT2D eigenvalue weighted by Gasteiger charge is 2.03. The Labute approximate surface area is 95.3 Å². The Hall–Kier alpha value is -1.61. The predicted molar refractivity (Wildman–Crippen MR) is 63.2 cm³/mol. The average Bonchev–Trinajstić information content (AvgIpc) is 2.63. The minimum absolute atomic E-state index is 0.00172. The smallest absolute Gasteiger partial charge is 0.0881 e. The van der Waals surface area contributed by atoms with Crippen LogP contribution in [0.1, 0.15) is 22.5 Å². The maximum atomic E-state index is 9.00. The SMILES string of the molecule is Cc1ccc(Cn2nc(CO)cc2C)cc1. The number of aliphatic hydroxyl groups is 1. The summed E-state index contributed by atoms with van der Waals surface area (Å²) in [6.45, 7) is 4.83. The zero-order valence-corrected chi connectivity index (χ0v) is 9.64. The third kappa shape index (κ3) is 2.31. The van der Waals surface area contributed by atoms with Gasteiger partial charge in [0.05, 0.1) is 18.8 Å². The molecule has 1 aromatic carbocycles. The second-order valence-corrected chi connectivity index (χ2v) is 4.08. The number of aliphatic hydroxyl groups excluding tert-OH is 1. The molecule has 0 bridgehead atoms. The quantitative estimate of drug-likeness (QED) is 0.852. The Morgan fingerprint density at radius 2 is 1.88 bits per heavy atom. The van der Waals surface area contributed by atoms with Gasteiger partial charge in [-0.1, -0.05) is 29.8 Å². The summed E-state index contributed by atoms with van der Waals surface area (Å²) in [6.07, 6.45) is 0. The van der Waals surface area contributed by atoms with Crippen LogP contribution in [0.15, 0.2) is 30.3 Å². The molecule has 0 amide bonds.